The second-order valence-corrected chi connectivity index (χ2v) is 3.45. The lowest BCUT2D eigenvalue weighted by molar-refractivity contribution is 0.198. The molecular formula is C9H16N4. The van der Waals surface area contributed by atoms with Crippen LogP contribution in [0.15, 0.2) is 0 Å². The summed E-state index contributed by atoms with van der Waals surface area (Å²) >= 11 is 0. The van der Waals surface area contributed by atoms with Gasteiger partial charge in [-0.25, -0.2) is 10.9 Å². The third-order valence-corrected chi connectivity index (χ3v) is 2.62. The summed E-state index contributed by atoms with van der Waals surface area (Å²) in [6.45, 7) is 5.10. The molecule has 2 unspecified atom stereocenters. The van der Waals surface area contributed by atoms with Crippen molar-refractivity contribution in [3.63, 3.8) is 0 Å². The molecule has 13 heavy (non-hydrogen) atoms. The zero-order chi connectivity index (χ0) is 9.10. The summed E-state index contributed by atoms with van der Waals surface area (Å²) in [6, 6.07) is 3.01. The summed E-state index contributed by atoms with van der Waals surface area (Å²) in [7, 11) is 0. The van der Waals surface area contributed by atoms with Gasteiger partial charge in [0.05, 0.1) is 18.8 Å². The summed E-state index contributed by atoms with van der Waals surface area (Å²) in [5.74, 6) is 3.66. The Balaban J connectivity index is 2.12. The Labute approximate surface area is 79.0 Å². The van der Waals surface area contributed by atoms with Crippen LogP contribution in [0.25, 0.3) is 0 Å². The maximum absolute atomic E-state index is 3.27. The number of nitrogens with zero attached hydrogens (tertiary/aromatic N) is 1. The number of hydrogen-bond donors (Lipinski definition) is 3. The fraction of sp³-hybridized carbons (Fsp3) is 0.778. The van der Waals surface area contributed by atoms with E-state index in [1.165, 1.54) is 0 Å². The van der Waals surface area contributed by atoms with Crippen molar-refractivity contribution < 1.29 is 0 Å². The van der Waals surface area contributed by atoms with Crippen LogP contribution in [0, 0.1) is 17.9 Å². The van der Waals surface area contributed by atoms with Crippen LogP contribution >= 0.6 is 0 Å². The van der Waals surface area contributed by atoms with Crippen LogP contribution in [0.2, 0.25) is 0 Å². The Morgan fingerprint density at radius 1 is 1.54 bits per heavy atom. The van der Waals surface area contributed by atoms with Gasteiger partial charge in [-0.05, 0) is 6.42 Å². The molecule has 0 radical (unpaired) electrons. The zero-order valence-electron chi connectivity index (χ0n) is 7.93. The first-order chi connectivity index (χ1) is 6.42. The van der Waals surface area contributed by atoms with Gasteiger partial charge in [0.2, 0.25) is 0 Å². The van der Waals surface area contributed by atoms with Crippen molar-refractivity contribution in [3.05, 3.63) is 0 Å². The first-order valence-electron chi connectivity index (χ1n) is 4.87. The normalized spacial score (nSPS) is 33.6. The van der Waals surface area contributed by atoms with Crippen molar-refractivity contribution in [1.82, 2.24) is 21.1 Å². The summed E-state index contributed by atoms with van der Waals surface area (Å²) < 4.78 is 0. The van der Waals surface area contributed by atoms with Gasteiger partial charge in [0.25, 0.3) is 0 Å². The van der Waals surface area contributed by atoms with E-state index < -0.39 is 0 Å². The van der Waals surface area contributed by atoms with E-state index in [2.05, 4.69) is 40.0 Å². The van der Waals surface area contributed by atoms with E-state index >= 15 is 0 Å². The Kier molecular flexibility index (Phi) is 2.69. The summed E-state index contributed by atoms with van der Waals surface area (Å²) in [4.78, 5) is 2.38. The highest BCUT2D eigenvalue weighted by atomic mass is 15.6. The van der Waals surface area contributed by atoms with Gasteiger partial charge in [0.1, 0.15) is 0 Å². The first kappa shape index (κ1) is 8.82. The third kappa shape index (κ3) is 1.78. The molecule has 2 heterocycles. The summed E-state index contributed by atoms with van der Waals surface area (Å²) in [6.07, 6.45) is 1.48. The molecule has 0 spiro atoms. The average Bonchev–Trinajstić information content (AvgIpc) is 2.53. The molecule has 2 aliphatic rings. The van der Waals surface area contributed by atoms with Crippen molar-refractivity contribution in [2.75, 3.05) is 19.8 Å². The molecule has 0 aromatic rings. The van der Waals surface area contributed by atoms with Gasteiger partial charge < -0.3 is 5.32 Å². The SMILES string of the molecule is CCC1C#CNCCN2CNNC12. The van der Waals surface area contributed by atoms with E-state index in [0.717, 1.165) is 26.2 Å². The molecule has 4 nitrogen and oxygen atoms in total. The molecule has 0 aliphatic carbocycles. The highest BCUT2D eigenvalue weighted by Crippen LogP contribution is 2.14. The molecule has 1 fully saturated rings. The minimum atomic E-state index is 0.389. The van der Waals surface area contributed by atoms with Crippen LogP contribution in [-0.4, -0.2) is 30.8 Å². The number of fused-ring (bicyclic) bond motifs is 1. The number of rotatable bonds is 1. The molecule has 1 saturated heterocycles. The fourth-order valence-electron chi connectivity index (χ4n) is 1.82. The maximum atomic E-state index is 3.27. The lowest BCUT2D eigenvalue weighted by atomic mass is 10.0. The third-order valence-electron chi connectivity index (χ3n) is 2.62. The Hall–Kier alpha value is -0.760. The number of nitrogens with one attached hydrogen (secondary N) is 3. The number of hydrogen-bond acceptors (Lipinski definition) is 4. The molecule has 72 valence electrons. The van der Waals surface area contributed by atoms with E-state index in [4.69, 9.17) is 0 Å². The zero-order valence-corrected chi connectivity index (χ0v) is 7.93. The fourth-order valence-corrected chi connectivity index (χ4v) is 1.82. The Bertz CT molecular complexity index is 230. The van der Waals surface area contributed by atoms with Gasteiger partial charge >= 0.3 is 0 Å². The monoisotopic (exact) mass is 180 g/mol. The van der Waals surface area contributed by atoms with Crippen LogP contribution in [0.3, 0.4) is 0 Å². The minimum Gasteiger partial charge on any atom is -0.345 e. The molecular weight excluding hydrogens is 164 g/mol. The molecule has 3 N–H and O–H groups in total. The minimum absolute atomic E-state index is 0.389. The Morgan fingerprint density at radius 3 is 3.31 bits per heavy atom. The smallest absolute Gasteiger partial charge is 0.0880 e. The van der Waals surface area contributed by atoms with Crippen molar-refractivity contribution in [2.45, 2.75) is 19.5 Å². The molecule has 2 atom stereocenters. The quantitative estimate of drug-likeness (QED) is 0.465. The first-order valence-corrected chi connectivity index (χ1v) is 4.87. The largest absolute Gasteiger partial charge is 0.345 e. The highest BCUT2D eigenvalue weighted by Gasteiger charge is 2.29. The van der Waals surface area contributed by atoms with Gasteiger partial charge in [-0.1, -0.05) is 12.8 Å². The van der Waals surface area contributed by atoms with Crippen LogP contribution in [0.4, 0.5) is 0 Å². The highest BCUT2D eigenvalue weighted by molar-refractivity contribution is 5.07. The van der Waals surface area contributed by atoms with Crippen molar-refractivity contribution in [2.24, 2.45) is 5.92 Å². The van der Waals surface area contributed by atoms with Crippen LogP contribution in [0.1, 0.15) is 13.3 Å². The molecule has 0 aromatic heterocycles. The van der Waals surface area contributed by atoms with Crippen LogP contribution in [0.5, 0.6) is 0 Å². The molecule has 0 bridgehead atoms. The molecule has 0 saturated carbocycles. The van der Waals surface area contributed by atoms with E-state index in [0.29, 0.717) is 12.1 Å². The molecule has 2 aliphatic heterocycles. The van der Waals surface area contributed by atoms with E-state index in [-0.39, 0.29) is 0 Å². The van der Waals surface area contributed by atoms with Crippen molar-refractivity contribution >= 4 is 0 Å². The summed E-state index contributed by atoms with van der Waals surface area (Å²) in [5.41, 5.74) is 6.44. The topological polar surface area (TPSA) is 39.3 Å². The van der Waals surface area contributed by atoms with Crippen molar-refractivity contribution in [3.8, 4) is 12.0 Å². The van der Waals surface area contributed by atoms with E-state index in [9.17, 15) is 0 Å². The van der Waals surface area contributed by atoms with Crippen LogP contribution in [-0.2, 0) is 0 Å². The number of hydrazine groups is 1. The lowest BCUT2D eigenvalue weighted by Gasteiger charge is -2.27. The molecule has 0 amide bonds. The van der Waals surface area contributed by atoms with Gasteiger partial charge in [-0.2, -0.15) is 0 Å². The van der Waals surface area contributed by atoms with Gasteiger partial charge in [-0.15, -0.1) is 0 Å². The van der Waals surface area contributed by atoms with Gasteiger partial charge in [-0.3, -0.25) is 4.90 Å². The predicted octanol–water partition coefficient (Wildman–Crippen LogP) is -0.730. The Morgan fingerprint density at radius 2 is 2.46 bits per heavy atom. The maximum Gasteiger partial charge on any atom is 0.0880 e. The van der Waals surface area contributed by atoms with Crippen molar-refractivity contribution in [1.29, 1.82) is 0 Å². The van der Waals surface area contributed by atoms with Gasteiger partial charge in [0.15, 0.2) is 0 Å². The van der Waals surface area contributed by atoms with Gasteiger partial charge in [0, 0.05) is 19.1 Å². The lowest BCUT2D eigenvalue weighted by Crippen LogP contribution is -2.45. The second-order valence-electron chi connectivity index (χ2n) is 3.45. The predicted molar refractivity (Wildman–Crippen MR) is 51.2 cm³/mol. The average molecular weight is 180 g/mol. The summed E-state index contributed by atoms with van der Waals surface area (Å²) in [5, 5.41) is 3.11. The van der Waals surface area contributed by atoms with E-state index in [1.807, 2.05) is 0 Å². The second kappa shape index (κ2) is 3.97. The molecule has 0 aromatic carbocycles. The molecule has 2 rings (SSSR count). The molecule has 4 heteroatoms. The standard InChI is InChI=1S/C9H16N4/c1-2-8-3-4-10-5-6-13-7-11-12-9(8)13/h8-12H,2,5-7H2,1H3. The van der Waals surface area contributed by atoms with Crippen LogP contribution < -0.4 is 16.2 Å². The van der Waals surface area contributed by atoms with E-state index in [1.54, 1.807) is 0 Å².